The van der Waals surface area contributed by atoms with E-state index in [0.29, 0.717) is 16.9 Å². The van der Waals surface area contributed by atoms with Gasteiger partial charge in [0, 0.05) is 16.5 Å². The van der Waals surface area contributed by atoms with Crippen LogP contribution in [0.2, 0.25) is 0 Å². The topological polar surface area (TPSA) is 30.2 Å². The lowest BCUT2D eigenvalue weighted by molar-refractivity contribution is 0.101. The van der Waals surface area contributed by atoms with Crippen LogP contribution >= 0.6 is 15.9 Å². The third kappa shape index (κ3) is 2.40. The Bertz CT molecular complexity index is 865. The summed E-state index contributed by atoms with van der Waals surface area (Å²) in [6.45, 7) is 3.85. The van der Waals surface area contributed by atoms with Crippen LogP contribution in [0.25, 0.3) is 11.0 Å². The third-order valence-electron chi connectivity index (χ3n) is 3.48. The van der Waals surface area contributed by atoms with Gasteiger partial charge < -0.3 is 4.42 Å². The predicted molar refractivity (Wildman–Crippen MR) is 83.2 cm³/mol. The molecular weight excluding hydrogens is 335 g/mol. The number of benzene rings is 2. The van der Waals surface area contributed by atoms with E-state index in [1.807, 2.05) is 32.0 Å². The molecule has 0 aliphatic carbocycles. The van der Waals surface area contributed by atoms with Crippen molar-refractivity contribution in [1.82, 2.24) is 0 Å². The monoisotopic (exact) mass is 346 g/mol. The molecule has 2 nitrogen and oxygen atoms in total. The van der Waals surface area contributed by atoms with Crippen LogP contribution in [0.5, 0.6) is 0 Å². The predicted octanol–water partition coefficient (Wildman–Crippen LogP) is 5.18. The number of ketones is 1. The highest BCUT2D eigenvalue weighted by atomic mass is 79.9. The molecule has 0 spiro atoms. The Balaban J connectivity index is 2.13. The first-order valence-electron chi connectivity index (χ1n) is 6.47. The molecule has 1 aromatic heterocycles. The molecule has 2 aromatic carbocycles. The molecule has 0 fully saturated rings. The fourth-order valence-electron chi connectivity index (χ4n) is 2.32. The Morgan fingerprint density at radius 1 is 1.14 bits per heavy atom. The molecule has 21 heavy (non-hydrogen) atoms. The minimum Gasteiger partial charge on any atom is -0.452 e. The van der Waals surface area contributed by atoms with Crippen molar-refractivity contribution in [1.29, 1.82) is 0 Å². The molecule has 3 aromatic rings. The van der Waals surface area contributed by atoms with Gasteiger partial charge in [-0.3, -0.25) is 4.79 Å². The summed E-state index contributed by atoms with van der Waals surface area (Å²) in [7, 11) is 0. The highest BCUT2D eigenvalue weighted by molar-refractivity contribution is 9.10. The summed E-state index contributed by atoms with van der Waals surface area (Å²) in [5.74, 6) is -0.348. The number of carbonyl (C=O) groups is 1. The van der Waals surface area contributed by atoms with Crippen LogP contribution in [0.3, 0.4) is 0 Å². The zero-order chi connectivity index (χ0) is 15.1. The Hall–Kier alpha value is -1.94. The lowest BCUT2D eigenvalue weighted by Crippen LogP contribution is -2.02. The van der Waals surface area contributed by atoms with Crippen molar-refractivity contribution in [3.63, 3.8) is 0 Å². The van der Waals surface area contributed by atoms with Crippen LogP contribution in [0, 0.1) is 19.7 Å². The van der Waals surface area contributed by atoms with E-state index in [1.54, 1.807) is 0 Å². The van der Waals surface area contributed by atoms with E-state index in [-0.39, 0.29) is 10.3 Å². The molecule has 4 heteroatoms. The fourth-order valence-corrected chi connectivity index (χ4v) is 2.70. The van der Waals surface area contributed by atoms with Crippen LogP contribution < -0.4 is 0 Å². The van der Waals surface area contributed by atoms with Gasteiger partial charge in [-0.1, -0.05) is 11.6 Å². The number of fused-ring (bicyclic) bond motifs is 1. The van der Waals surface area contributed by atoms with Crippen molar-refractivity contribution in [3.05, 3.63) is 69.1 Å². The highest BCUT2D eigenvalue weighted by Gasteiger charge is 2.20. The summed E-state index contributed by atoms with van der Waals surface area (Å²) < 4.78 is 19.2. The molecule has 0 saturated heterocycles. The molecule has 3 rings (SSSR count). The summed E-state index contributed by atoms with van der Waals surface area (Å²) in [6, 6.07) is 9.98. The van der Waals surface area contributed by atoms with Gasteiger partial charge in [-0.2, -0.15) is 0 Å². The maximum atomic E-state index is 13.3. The molecule has 0 aliphatic heterocycles. The van der Waals surface area contributed by atoms with Crippen LogP contribution in [-0.2, 0) is 0 Å². The molecule has 0 aliphatic rings. The Labute approximate surface area is 129 Å². The molecular formula is C17H12BrFO2. The van der Waals surface area contributed by atoms with Gasteiger partial charge in [-0.05, 0) is 60.1 Å². The number of furan rings is 1. The van der Waals surface area contributed by atoms with Gasteiger partial charge in [0.15, 0.2) is 5.76 Å². The normalized spacial score (nSPS) is 11.0. The van der Waals surface area contributed by atoms with Crippen LogP contribution in [-0.4, -0.2) is 5.78 Å². The largest absolute Gasteiger partial charge is 0.452 e. The SMILES string of the molecule is Cc1ccc2oc(C(=O)c3ccc(F)c(Br)c3)c(C)c2c1. The maximum absolute atomic E-state index is 13.3. The minimum absolute atomic E-state index is 0.248. The molecule has 1 heterocycles. The maximum Gasteiger partial charge on any atom is 0.228 e. The van der Waals surface area contributed by atoms with Crippen LogP contribution in [0.4, 0.5) is 4.39 Å². The van der Waals surface area contributed by atoms with E-state index in [9.17, 15) is 9.18 Å². The lowest BCUT2D eigenvalue weighted by atomic mass is 10.0. The number of rotatable bonds is 2. The zero-order valence-electron chi connectivity index (χ0n) is 11.5. The number of hydrogen-bond acceptors (Lipinski definition) is 2. The minimum atomic E-state index is -0.400. The molecule has 0 unspecified atom stereocenters. The van der Waals surface area contributed by atoms with E-state index in [2.05, 4.69) is 15.9 Å². The van der Waals surface area contributed by atoms with Gasteiger partial charge in [0.05, 0.1) is 4.47 Å². The molecule has 0 atom stereocenters. The van der Waals surface area contributed by atoms with E-state index in [0.717, 1.165) is 16.5 Å². The average Bonchev–Trinajstić information content (AvgIpc) is 2.78. The molecule has 0 amide bonds. The summed E-state index contributed by atoms with van der Waals surface area (Å²) in [5, 5.41) is 0.930. The van der Waals surface area contributed by atoms with Gasteiger partial charge in [0.2, 0.25) is 5.78 Å². The van der Waals surface area contributed by atoms with E-state index >= 15 is 0 Å². The van der Waals surface area contributed by atoms with Crippen molar-refractivity contribution < 1.29 is 13.6 Å². The van der Waals surface area contributed by atoms with Crippen molar-refractivity contribution in [2.75, 3.05) is 0 Å². The second-order valence-corrected chi connectivity index (χ2v) is 5.87. The van der Waals surface area contributed by atoms with Gasteiger partial charge in [0.25, 0.3) is 0 Å². The van der Waals surface area contributed by atoms with Crippen molar-refractivity contribution in [2.24, 2.45) is 0 Å². The Morgan fingerprint density at radius 3 is 2.62 bits per heavy atom. The van der Waals surface area contributed by atoms with Crippen LogP contribution in [0.15, 0.2) is 45.3 Å². The number of carbonyl (C=O) groups excluding carboxylic acids is 1. The number of halogens is 2. The first-order valence-corrected chi connectivity index (χ1v) is 7.26. The summed E-state index contributed by atoms with van der Waals surface area (Å²) in [6.07, 6.45) is 0. The summed E-state index contributed by atoms with van der Waals surface area (Å²) in [4.78, 5) is 12.5. The molecule has 0 radical (unpaired) electrons. The Kier molecular flexibility index (Phi) is 3.41. The molecule has 106 valence electrons. The second kappa shape index (κ2) is 5.11. The van der Waals surface area contributed by atoms with Crippen LogP contribution in [0.1, 0.15) is 27.2 Å². The summed E-state index contributed by atoms with van der Waals surface area (Å²) >= 11 is 3.09. The van der Waals surface area contributed by atoms with Crippen molar-refractivity contribution in [3.8, 4) is 0 Å². The highest BCUT2D eigenvalue weighted by Crippen LogP contribution is 2.28. The molecule has 0 saturated carbocycles. The molecule has 0 bridgehead atoms. The van der Waals surface area contributed by atoms with Crippen molar-refractivity contribution in [2.45, 2.75) is 13.8 Å². The second-order valence-electron chi connectivity index (χ2n) is 5.01. The van der Waals surface area contributed by atoms with Crippen molar-refractivity contribution >= 4 is 32.7 Å². The van der Waals surface area contributed by atoms with E-state index < -0.39 is 5.82 Å². The number of aryl methyl sites for hydroxylation is 2. The van der Waals surface area contributed by atoms with Gasteiger partial charge in [0.1, 0.15) is 11.4 Å². The van der Waals surface area contributed by atoms with Gasteiger partial charge in [-0.15, -0.1) is 0 Å². The Morgan fingerprint density at radius 2 is 1.90 bits per heavy atom. The van der Waals surface area contributed by atoms with E-state index in [1.165, 1.54) is 18.2 Å². The quantitative estimate of drug-likeness (QED) is 0.598. The molecule has 0 N–H and O–H groups in total. The van der Waals surface area contributed by atoms with E-state index in [4.69, 9.17) is 4.42 Å². The summed E-state index contributed by atoms with van der Waals surface area (Å²) in [5.41, 5.74) is 2.99. The first-order chi connectivity index (χ1) is 9.97. The van der Waals surface area contributed by atoms with Gasteiger partial charge in [-0.25, -0.2) is 4.39 Å². The van der Waals surface area contributed by atoms with Gasteiger partial charge >= 0.3 is 0 Å². The lowest BCUT2D eigenvalue weighted by Gasteiger charge is -2.01. The zero-order valence-corrected chi connectivity index (χ0v) is 13.1. The average molecular weight is 347 g/mol. The smallest absolute Gasteiger partial charge is 0.228 e. The third-order valence-corrected chi connectivity index (χ3v) is 4.09. The first kappa shape index (κ1) is 14.0. The number of hydrogen-bond donors (Lipinski definition) is 0. The standard InChI is InChI=1S/C17H12BrFO2/c1-9-3-6-15-12(7-9)10(2)17(21-15)16(20)11-4-5-14(19)13(18)8-11/h3-8H,1-2H3. The fraction of sp³-hybridized carbons (Fsp3) is 0.118.